The van der Waals surface area contributed by atoms with Gasteiger partial charge in [-0.2, -0.15) is 10.2 Å². The maximum absolute atomic E-state index is 5.83. The first-order valence-electron chi connectivity index (χ1n) is 5.67. The van der Waals surface area contributed by atoms with Crippen LogP contribution in [0.2, 0.25) is 0 Å². The highest BCUT2D eigenvalue weighted by Gasteiger charge is 2.14. The van der Waals surface area contributed by atoms with Crippen molar-refractivity contribution in [2.45, 2.75) is 33.2 Å². The van der Waals surface area contributed by atoms with Gasteiger partial charge in [-0.1, -0.05) is 13.8 Å². The van der Waals surface area contributed by atoms with Gasteiger partial charge >= 0.3 is 0 Å². The van der Waals surface area contributed by atoms with Gasteiger partial charge in [0.25, 0.3) is 0 Å². The van der Waals surface area contributed by atoms with Crippen LogP contribution >= 0.6 is 12.2 Å². The first-order chi connectivity index (χ1) is 8.17. The summed E-state index contributed by atoms with van der Waals surface area (Å²) in [7, 11) is 0. The predicted octanol–water partition coefficient (Wildman–Crippen LogP) is 1.49. The molecular weight excluding hydrogens is 236 g/mol. The van der Waals surface area contributed by atoms with Gasteiger partial charge in [-0.25, -0.2) is 9.77 Å². The first kappa shape index (κ1) is 11.8. The van der Waals surface area contributed by atoms with Crippen LogP contribution in [0.1, 0.15) is 26.0 Å². The van der Waals surface area contributed by atoms with E-state index >= 15 is 0 Å². The standard InChI is InChI=1S/C10H16N6S/c1-3-5-15-8(6-7(4-2)14-15)9-12-13-10(17)16(9)11/h6H,3-5,11H2,1-2H3,(H,13,17). The van der Waals surface area contributed by atoms with Crippen LogP contribution in [0.4, 0.5) is 0 Å². The smallest absolute Gasteiger partial charge is 0.214 e. The van der Waals surface area contributed by atoms with Crippen LogP contribution in [0.3, 0.4) is 0 Å². The Labute approximate surface area is 104 Å². The summed E-state index contributed by atoms with van der Waals surface area (Å²) in [6, 6.07) is 2.00. The molecule has 3 N–H and O–H groups in total. The van der Waals surface area contributed by atoms with Crippen LogP contribution < -0.4 is 5.84 Å². The molecule has 0 aliphatic heterocycles. The number of hydrogen-bond donors (Lipinski definition) is 2. The number of H-pyrrole nitrogens is 1. The van der Waals surface area contributed by atoms with Crippen LogP contribution in [0, 0.1) is 4.77 Å². The first-order valence-corrected chi connectivity index (χ1v) is 6.07. The summed E-state index contributed by atoms with van der Waals surface area (Å²) in [5, 5.41) is 11.3. The molecule has 17 heavy (non-hydrogen) atoms. The van der Waals surface area contributed by atoms with Crippen LogP contribution in [-0.2, 0) is 13.0 Å². The van der Waals surface area contributed by atoms with E-state index in [1.54, 1.807) is 0 Å². The fourth-order valence-corrected chi connectivity index (χ4v) is 1.82. The van der Waals surface area contributed by atoms with Gasteiger partial charge in [0.05, 0.1) is 5.69 Å². The van der Waals surface area contributed by atoms with Gasteiger partial charge in [0, 0.05) is 6.54 Å². The number of aryl methyl sites for hydroxylation is 2. The number of nitrogens with zero attached hydrogens (tertiary/aromatic N) is 4. The molecule has 0 saturated carbocycles. The number of nitrogens with one attached hydrogen (secondary N) is 1. The molecule has 7 heteroatoms. The molecule has 0 radical (unpaired) electrons. The number of hydrogen-bond acceptors (Lipinski definition) is 4. The molecular formula is C10H16N6S. The lowest BCUT2D eigenvalue weighted by Crippen LogP contribution is -2.12. The second-order valence-electron chi connectivity index (χ2n) is 3.82. The summed E-state index contributed by atoms with van der Waals surface area (Å²) in [5.41, 5.74) is 1.93. The average molecular weight is 252 g/mol. The fourth-order valence-electron chi connectivity index (χ4n) is 1.69. The van der Waals surface area contributed by atoms with E-state index in [1.165, 1.54) is 4.68 Å². The van der Waals surface area contributed by atoms with Crippen LogP contribution in [0.15, 0.2) is 6.07 Å². The zero-order valence-electron chi connectivity index (χ0n) is 9.97. The summed E-state index contributed by atoms with van der Waals surface area (Å²) in [4.78, 5) is 0. The highest BCUT2D eigenvalue weighted by Crippen LogP contribution is 2.18. The molecule has 0 bridgehead atoms. The Balaban J connectivity index is 2.53. The summed E-state index contributed by atoms with van der Waals surface area (Å²) < 4.78 is 3.70. The van der Waals surface area contributed by atoms with Gasteiger partial charge in [-0.15, -0.1) is 0 Å². The summed E-state index contributed by atoms with van der Waals surface area (Å²) in [5.74, 6) is 6.45. The number of nitrogen functional groups attached to an aromatic ring is 1. The molecule has 0 atom stereocenters. The third-order valence-electron chi connectivity index (χ3n) is 2.56. The highest BCUT2D eigenvalue weighted by molar-refractivity contribution is 7.71. The maximum atomic E-state index is 5.83. The monoisotopic (exact) mass is 252 g/mol. The molecule has 0 aliphatic carbocycles. The number of aromatic amines is 1. The van der Waals surface area contributed by atoms with Gasteiger partial charge in [0.15, 0.2) is 5.82 Å². The quantitative estimate of drug-likeness (QED) is 0.638. The van der Waals surface area contributed by atoms with Crippen molar-refractivity contribution in [3.8, 4) is 11.5 Å². The topological polar surface area (TPSA) is 77.5 Å². The Kier molecular flexibility index (Phi) is 3.28. The van der Waals surface area contributed by atoms with Crippen molar-refractivity contribution in [2.75, 3.05) is 5.84 Å². The number of aromatic nitrogens is 5. The molecule has 0 fully saturated rings. The van der Waals surface area contributed by atoms with E-state index < -0.39 is 0 Å². The molecule has 2 aromatic heterocycles. The molecule has 0 amide bonds. The molecule has 92 valence electrons. The van der Waals surface area contributed by atoms with Gasteiger partial charge in [-0.3, -0.25) is 4.68 Å². The molecule has 0 unspecified atom stereocenters. The third-order valence-corrected chi connectivity index (χ3v) is 2.85. The largest absolute Gasteiger partial charge is 0.335 e. The third kappa shape index (κ3) is 2.10. The predicted molar refractivity (Wildman–Crippen MR) is 68.5 cm³/mol. The number of nitrogens with two attached hydrogens (primary N) is 1. The van der Waals surface area contributed by atoms with E-state index in [9.17, 15) is 0 Å². The lowest BCUT2D eigenvalue weighted by atomic mass is 10.3. The van der Waals surface area contributed by atoms with Crippen molar-refractivity contribution in [1.82, 2.24) is 24.7 Å². The van der Waals surface area contributed by atoms with E-state index in [4.69, 9.17) is 18.1 Å². The Hall–Kier alpha value is -1.63. The van der Waals surface area contributed by atoms with Crippen molar-refractivity contribution in [3.63, 3.8) is 0 Å². The minimum absolute atomic E-state index is 0.405. The van der Waals surface area contributed by atoms with E-state index in [0.29, 0.717) is 10.6 Å². The highest BCUT2D eigenvalue weighted by atomic mass is 32.1. The molecule has 0 spiro atoms. The average Bonchev–Trinajstić information content (AvgIpc) is 2.85. The molecule has 6 nitrogen and oxygen atoms in total. The summed E-state index contributed by atoms with van der Waals surface area (Å²) in [6.45, 7) is 5.02. The van der Waals surface area contributed by atoms with Crippen molar-refractivity contribution in [3.05, 3.63) is 16.5 Å². The Bertz CT molecular complexity index is 564. The second-order valence-corrected chi connectivity index (χ2v) is 4.21. The van der Waals surface area contributed by atoms with E-state index in [2.05, 4.69) is 29.1 Å². The molecule has 2 aromatic rings. The van der Waals surface area contributed by atoms with Crippen LogP contribution in [0.25, 0.3) is 11.5 Å². The Morgan fingerprint density at radius 1 is 1.47 bits per heavy atom. The van der Waals surface area contributed by atoms with Gasteiger partial charge < -0.3 is 5.84 Å². The normalized spacial score (nSPS) is 10.9. The fraction of sp³-hybridized carbons (Fsp3) is 0.500. The molecule has 2 heterocycles. The minimum Gasteiger partial charge on any atom is -0.335 e. The van der Waals surface area contributed by atoms with E-state index in [0.717, 1.165) is 30.8 Å². The lowest BCUT2D eigenvalue weighted by molar-refractivity contribution is 0.598. The zero-order chi connectivity index (χ0) is 12.4. The minimum atomic E-state index is 0.405. The molecule has 2 rings (SSSR count). The van der Waals surface area contributed by atoms with Crippen molar-refractivity contribution in [2.24, 2.45) is 0 Å². The van der Waals surface area contributed by atoms with Crippen molar-refractivity contribution in [1.29, 1.82) is 0 Å². The van der Waals surface area contributed by atoms with Gasteiger partial charge in [0.2, 0.25) is 4.77 Å². The van der Waals surface area contributed by atoms with Crippen LogP contribution in [0.5, 0.6) is 0 Å². The zero-order valence-corrected chi connectivity index (χ0v) is 10.8. The molecule has 0 aromatic carbocycles. The van der Waals surface area contributed by atoms with Crippen molar-refractivity contribution < 1.29 is 0 Å². The van der Waals surface area contributed by atoms with Gasteiger partial charge in [-0.05, 0) is 31.1 Å². The van der Waals surface area contributed by atoms with E-state index in [1.807, 2.05) is 10.7 Å². The Morgan fingerprint density at radius 3 is 2.76 bits per heavy atom. The summed E-state index contributed by atoms with van der Waals surface area (Å²) in [6.07, 6.45) is 1.90. The Morgan fingerprint density at radius 2 is 2.24 bits per heavy atom. The van der Waals surface area contributed by atoms with Crippen LogP contribution in [-0.4, -0.2) is 24.7 Å². The van der Waals surface area contributed by atoms with E-state index in [-0.39, 0.29) is 0 Å². The summed E-state index contributed by atoms with van der Waals surface area (Å²) >= 11 is 5.01. The molecule has 0 saturated heterocycles. The van der Waals surface area contributed by atoms with Gasteiger partial charge in [0.1, 0.15) is 5.69 Å². The lowest BCUT2D eigenvalue weighted by Gasteiger charge is -2.04. The second kappa shape index (κ2) is 4.70. The SMILES string of the molecule is CCCn1nc(CC)cc1-c1n[nH]c(=S)n1N. The molecule has 0 aliphatic rings. The maximum Gasteiger partial charge on any atom is 0.214 e. The number of rotatable bonds is 4. The van der Waals surface area contributed by atoms with Crippen molar-refractivity contribution >= 4 is 12.2 Å².